The number of hydrogen-bond donors (Lipinski definition) is 2. The highest BCUT2D eigenvalue weighted by atomic mass is 16.6. The normalized spacial score (nSPS) is 21.3. The molecule has 3 unspecified atom stereocenters. The van der Waals surface area contributed by atoms with Crippen LogP contribution in [0.2, 0.25) is 0 Å². The molecule has 0 saturated carbocycles. The molecular formula is C23H36N2O5. The first-order valence-corrected chi connectivity index (χ1v) is 10.6. The minimum absolute atomic E-state index is 0.0864. The topological polar surface area (TPSA) is 99.9 Å². The van der Waals surface area contributed by atoms with Gasteiger partial charge in [0.15, 0.2) is 0 Å². The van der Waals surface area contributed by atoms with Crippen molar-refractivity contribution < 1.29 is 23.8 Å². The van der Waals surface area contributed by atoms with Crippen molar-refractivity contribution in [1.29, 1.82) is 0 Å². The van der Waals surface area contributed by atoms with Gasteiger partial charge < -0.3 is 25.3 Å². The number of alkyl carbamates (subject to hydrolysis) is 1. The van der Waals surface area contributed by atoms with Crippen molar-refractivity contribution in [3.8, 4) is 0 Å². The van der Waals surface area contributed by atoms with Crippen LogP contribution in [-0.2, 0) is 25.6 Å². The lowest BCUT2D eigenvalue weighted by Crippen LogP contribution is -2.38. The van der Waals surface area contributed by atoms with Gasteiger partial charge in [0.05, 0.1) is 31.2 Å². The van der Waals surface area contributed by atoms with E-state index >= 15 is 0 Å². The van der Waals surface area contributed by atoms with Crippen LogP contribution in [0.15, 0.2) is 24.3 Å². The highest BCUT2D eigenvalue weighted by Crippen LogP contribution is 2.29. The lowest BCUT2D eigenvalue weighted by molar-refractivity contribution is -0.146. The predicted molar refractivity (Wildman–Crippen MR) is 115 cm³/mol. The zero-order chi connectivity index (χ0) is 22.5. The van der Waals surface area contributed by atoms with Crippen LogP contribution < -0.4 is 11.1 Å². The second-order valence-corrected chi connectivity index (χ2v) is 9.35. The van der Waals surface area contributed by atoms with E-state index in [2.05, 4.69) is 5.32 Å². The Kier molecular flexibility index (Phi) is 8.26. The highest BCUT2D eigenvalue weighted by Gasteiger charge is 2.39. The van der Waals surface area contributed by atoms with Crippen molar-refractivity contribution >= 4 is 12.1 Å². The van der Waals surface area contributed by atoms with E-state index in [4.69, 9.17) is 19.9 Å². The van der Waals surface area contributed by atoms with Gasteiger partial charge in [-0.3, -0.25) is 4.79 Å². The molecule has 0 radical (unpaired) electrons. The summed E-state index contributed by atoms with van der Waals surface area (Å²) in [4.78, 5) is 23.9. The number of carbonyl (C=O) groups excluding carboxylic acids is 2. The maximum absolute atomic E-state index is 12.0. The molecule has 4 atom stereocenters. The van der Waals surface area contributed by atoms with Crippen LogP contribution in [0.3, 0.4) is 0 Å². The Balaban J connectivity index is 1.83. The standard InChI is InChI=1S/C23H36N2O5/c1-14(2)18-11-20(29-21(18)26)19(24)13-28-12-16-8-7-9-17(10-16)15(3)25-22(27)30-23(4,5)6/h7-10,14-15,18-20H,11-13,24H2,1-6H3,(H,25,27)/t15?,18-,19?,20?/m0/s1. The number of carbonyl (C=O) groups is 2. The summed E-state index contributed by atoms with van der Waals surface area (Å²) in [6, 6.07) is 7.26. The summed E-state index contributed by atoms with van der Waals surface area (Å²) in [5.41, 5.74) is 7.57. The predicted octanol–water partition coefficient (Wildman–Crippen LogP) is 3.70. The van der Waals surface area contributed by atoms with Crippen LogP contribution in [0.25, 0.3) is 0 Å². The second kappa shape index (κ2) is 10.3. The molecule has 1 aliphatic rings. The van der Waals surface area contributed by atoms with Crippen LogP contribution in [-0.4, -0.2) is 36.4 Å². The summed E-state index contributed by atoms with van der Waals surface area (Å²) in [6.45, 7) is 12.1. The SMILES string of the molecule is CC(NC(=O)OC(C)(C)C)c1cccc(COCC(N)C2C[C@@H](C(C)C)C(=O)O2)c1. The minimum atomic E-state index is -0.541. The Hall–Kier alpha value is -2.12. The van der Waals surface area contributed by atoms with E-state index in [1.54, 1.807) is 0 Å². The van der Waals surface area contributed by atoms with Crippen LogP contribution >= 0.6 is 0 Å². The second-order valence-electron chi connectivity index (χ2n) is 9.35. The van der Waals surface area contributed by atoms with Crippen molar-refractivity contribution in [3.63, 3.8) is 0 Å². The van der Waals surface area contributed by atoms with Gasteiger partial charge in [0.25, 0.3) is 0 Å². The maximum atomic E-state index is 12.0. The molecule has 0 spiro atoms. The van der Waals surface area contributed by atoms with Crippen LogP contribution in [0, 0.1) is 11.8 Å². The van der Waals surface area contributed by atoms with E-state index in [0.717, 1.165) is 11.1 Å². The molecule has 0 bridgehead atoms. The highest BCUT2D eigenvalue weighted by molar-refractivity contribution is 5.75. The third kappa shape index (κ3) is 7.29. The number of benzene rings is 1. The summed E-state index contributed by atoms with van der Waals surface area (Å²) in [7, 11) is 0. The molecule has 1 fully saturated rings. The van der Waals surface area contributed by atoms with E-state index in [9.17, 15) is 9.59 Å². The molecule has 3 N–H and O–H groups in total. The van der Waals surface area contributed by atoms with Gasteiger partial charge >= 0.3 is 12.1 Å². The fraction of sp³-hybridized carbons (Fsp3) is 0.652. The third-order valence-electron chi connectivity index (χ3n) is 5.10. The lowest BCUT2D eigenvalue weighted by atomic mass is 9.91. The smallest absolute Gasteiger partial charge is 0.408 e. The van der Waals surface area contributed by atoms with Crippen LogP contribution in [0.1, 0.15) is 65.1 Å². The lowest BCUT2D eigenvalue weighted by Gasteiger charge is -2.22. The number of esters is 1. The molecule has 7 nitrogen and oxygen atoms in total. The Morgan fingerprint density at radius 1 is 1.30 bits per heavy atom. The first kappa shape index (κ1) is 24.2. The van der Waals surface area contributed by atoms with Gasteiger partial charge in [-0.2, -0.15) is 0 Å². The molecule has 0 aromatic heterocycles. The maximum Gasteiger partial charge on any atom is 0.408 e. The molecule has 1 aromatic rings. The number of hydrogen-bond acceptors (Lipinski definition) is 6. The zero-order valence-corrected chi connectivity index (χ0v) is 18.9. The molecule has 7 heteroatoms. The van der Waals surface area contributed by atoms with Gasteiger partial charge in [0.2, 0.25) is 0 Å². The average Bonchev–Trinajstić information content (AvgIpc) is 3.02. The van der Waals surface area contributed by atoms with Crippen LogP contribution in [0.5, 0.6) is 0 Å². The van der Waals surface area contributed by atoms with E-state index < -0.39 is 11.7 Å². The number of nitrogens with one attached hydrogen (secondary N) is 1. The van der Waals surface area contributed by atoms with Gasteiger partial charge in [-0.15, -0.1) is 0 Å². The summed E-state index contributed by atoms with van der Waals surface area (Å²) in [5, 5.41) is 2.84. The molecule has 1 heterocycles. The molecule has 0 aliphatic carbocycles. The largest absolute Gasteiger partial charge is 0.460 e. The summed E-state index contributed by atoms with van der Waals surface area (Å²) in [6.07, 6.45) is -0.104. The Morgan fingerprint density at radius 3 is 2.60 bits per heavy atom. The minimum Gasteiger partial charge on any atom is -0.460 e. The molecule has 1 amide bonds. The average molecular weight is 421 g/mol. The number of ether oxygens (including phenoxy) is 3. The fourth-order valence-electron chi connectivity index (χ4n) is 3.38. The Bertz CT molecular complexity index is 729. The summed E-state index contributed by atoms with van der Waals surface area (Å²) >= 11 is 0. The number of rotatable bonds is 8. The third-order valence-corrected chi connectivity index (χ3v) is 5.10. The number of cyclic esters (lactones) is 1. The van der Waals surface area contributed by atoms with Gasteiger partial charge in [0.1, 0.15) is 11.7 Å². The van der Waals surface area contributed by atoms with E-state index in [1.165, 1.54) is 0 Å². The first-order chi connectivity index (χ1) is 14.0. The number of nitrogens with two attached hydrogens (primary N) is 1. The summed E-state index contributed by atoms with van der Waals surface area (Å²) in [5.74, 6) is -0.00374. The molecule has 1 saturated heterocycles. The zero-order valence-electron chi connectivity index (χ0n) is 18.9. The van der Waals surface area contributed by atoms with Gasteiger partial charge in [-0.25, -0.2) is 4.79 Å². The Labute approximate surface area is 179 Å². The monoisotopic (exact) mass is 420 g/mol. The van der Waals surface area contributed by atoms with Crippen molar-refractivity contribution in [3.05, 3.63) is 35.4 Å². The molecule has 30 heavy (non-hydrogen) atoms. The number of amides is 1. The van der Waals surface area contributed by atoms with Gasteiger partial charge in [-0.05, 0) is 51.2 Å². The molecule has 1 aromatic carbocycles. The van der Waals surface area contributed by atoms with Gasteiger partial charge in [0, 0.05) is 0 Å². The van der Waals surface area contributed by atoms with Crippen molar-refractivity contribution in [2.45, 2.75) is 78.4 Å². The fourth-order valence-corrected chi connectivity index (χ4v) is 3.38. The van der Waals surface area contributed by atoms with Crippen molar-refractivity contribution in [2.75, 3.05) is 6.61 Å². The van der Waals surface area contributed by atoms with E-state index in [-0.39, 0.29) is 36.0 Å². The molecule has 2 rings (SSSR count). The van der Waals surface area contributed by atoms with Gasteiger partial charge in [-0.1, -0.05) is 38.1 Å². The summed E-state index contributed by atoms with van der Waals surface area (Å²) < 4.78 is 16.5. The van der Waals surface area contributed by atoms with Crippen molar-refractivity contribution in [2.24, 2.45) is 17.6 Å². The Morgan fingerprint density at radius 2 is 2.00 bits per heavy atom. The van der Waals surface area contributed by atoms with Crippen LogP contribution in [0.4, 0.5) is 4.79 Å². The van der Waals surface area contributed by atoms with E-state index in [1.807, 2.05) is 65.8 Å². The molecule has 1 aliphatic heterocycles. The molecule has 168 valence electrons. The van der Waals surface area contributed by atoms with E-state index in [0.29, 0.717) is 19.6 Å². The quantitative estimate of drug-likeness (QED) is 0.622. The molecular weight excluding hydrogens is 384 g/mol. The van der Waals surface area contributed by atoms with Crippen molar-refractivity contribution in [1.82, 2.24) is 5.32 Å². The first-order valence-electron chi connectivity index (χ1n) is 10.6.